The number of aliphatic hydroxyl groups excluding tert-OH is 1. The Bertz CT molecular complexity index is 419. The number of aromatic nitrogens is 2. The van der Waals surface area contributed by atoms with Gasteiger partial charge in [0.25, 0.3) is 0 Å². The molecule has 2 rings (SSSR count). The summed E-state index contributed by atoms with van der Waals surface area (Å²) in [7, 11) is 0. The van der Waals surface area contributed by atoms with Crippen LogP contribution in [0, 0.1) is 11.8 Å². The summed E-state index contributed by atoms with van der Waals surface area (Å²) in [6.07, 6.45) is 11.4. The minimum Gasteiger partial charge on any atom is -0.396 e. The first-order chi connectivity index (χ1) is 10.2. The lowest BCUT2D eigenvalue weighted by atomic mass is 9.97. The molecular formula is C16H27N3O2. The SMILES string of the molecule is CCCC(CC(=O)NCC1CCCC1CO)n1ccnc1. The fourth-order valence-electron chi connectivity index (χ4n) is 3.33. The average Bonchev–Trinajstić information content (AvgIpc) is 3.15. The normalized spacial score (nSPS) is 23.1. The Labute approximate surface area is 126 Å². The molecule has 0 spiro atoms. The third-order valence-corrected chi connectivity index (χ3v) is 4.60. The molecule has 1 heterocycles. The van der Waals surface area contributed by atoms with Crippen molar-refractivity contribution in [3.8, 4) is 0 Å². The number of rotatable bonds is 8. The maximum absolute atomic E-state index is 12.2. The second kappa shape index (κ2) is 8.17. The molecule has 1 amide bonds. The molecule has 1 aromatic rings. The molecule has 1 saturated carbocycles. The van der Waals surface area contributed by atoms with Gasteiger partial charge in [-0.25, -0.2) is 4.98 Å². The molecule has 0 aliphatic heterocycles. The van der Waals surface area contributed by atoms with Crippen LogP contribution in [0.1, 0.15) is 51.5 Å². The molecule has 0 aromatic carbocycles. The van der Waals surface area contributed by atoms with Gasteiger partial charge in [-0.2, -0.15) is 0 Å². The number of aliphatic hydroxyl groups is 1. The Hall–Kier alpha value is -1.36. The minimum atomic E-state index is 0.103. The molecule has 118 valence electrons. The molecule has 3 unspecified atom stereocenters. The quantitative estimate of drug-likeness (QED) is 0.771. The number of carbonyl (C=O) groups is 1. The molecule has 1 aromatic heterocycles. The minimum absolute atomic E-state index is 0.103. The number of nitrogens with one attached hydrogen (secondary N) is 1. The zero-order valence-electron chi connectivity index (χ0n) is 12.9. The highest BCUT2D eigenvalue weighted by molar-refractivity contribution is 5.76. The van der Waals surface area contributed by atoms with Gasteiger partial charge in [0.05, 0.1) is 6.33 Å². The summed E-state index contributed by atoms with van der Waals surface area (Å²) in [5, 5.41) is 12.4. The molecule has 3 atom stereocenters. The van der Waals surface area contributed by atoms with Crippen LogP contribution in [0.25, 0.3) is 0 Å². The van der Waals surface area contributed by atoms with Gasteiger partial charge >= 0.3 is 0 Å². The molecule has 0 radical (unpaired) electrons. The molecule has 1 aliphatic carbocycles. The van der Waals surface area contributed by atoms with Crippen molar-refractivity contribution in [2.75, 3.05) is 13.2 Å². The van der Waals surface area contributed by atoms with Crippen LogP contribution in [-0.2, 0) is 4.79 Å². The van der Waals surface area contributed by atoms with Gasteiger partial charge < -0.3 is 15.0 Å². The van der Waals surface area contributed by atoms with Gasteiger partial charge in [0, 0.05) is 38.0 Å². The topological polar surface area (TPSA) is 67.2 Å². The molecule has 1 aliphatic rings. The number of amides is 1. The van der Waals surface area contributed by atoms with E-state index in [0.29, 0.717) is 24.8 Å². The average molecular weight is 293 g/mol. The Morgan fingerprint density at radius 3 is 2.95 bits per heavy atom. The van der Waals surface area contributed by atoms with Crippen LogP contribution in [0.2, 0.25) is 0 Å². The van der Waals surface area contributed by atoms with E-state index in [-0.39, 0.29) is 18.6 Å². The molecule has 5 nitrogen and oxygen atoms in total. The van der Waals surface area contributed by atoms with Crippen LogP contribution in [0.15, 0.2) is 18.7 Å². The van der Waals surface area contributed by atoms with E-state index in [1.807, 2.05) is 10.8 Å². The van der Waals surface area contributed by atoms with Crippen LogP contribution in [0.3, 0.4) is 0 Å². The standard InChI is InChI=1S/C16H27N3O2/c1-2-4-15(19-8-7-17-12-19)9-16(21)18-10-13-5-3-6-14(13)11-20/h7-8,12-15,20H,2-6,9-11H2,1H3,(H,18,21). The van der Waals surface area contributed by atoms with Crippen molar-refractivity contribution in [2.45, 2.75) is 51.5 Å². The van der Waals surface area contributed by atoms with E-state index in [0.717, 1.165) is 25.7 Å². The van der Waals surface area contributed by atoms with E-state index < -0.39 is 0 Å². The summed E-state index contributed by atoms with van der Waals surface area (Å²) in [6.45, 7) is 3.08. The Kier molecular flexibility index (Phi) is 6.23. The number of nitrogens with zero attached hydrogens (tertiary/aromatic N) is 2. The lowest BCUT2D eigenvalue weighted by Crippen LogP contribution is -2.33. The van der Waals surface area contributed by atoms with Gasteiger partial charge in [-0.3, -0.25) is 4.79 Å². The Morgan fingerprint density at radius 2 is 2.29 bits per heavy atom. The molecule has 2 N–H and O–H groups in total. The molecule has 1 fully saturated rings. The van der Waals surface area contributed by atoms with Gasteiger partial charge in [0.2, 0.25) is 5.91 Å². The number of hydrogen-bond acceptors (Lipinski definition) is 3. The van der Waals surface area contributed by atoms with Crippen molar-refractivity contribution in [1.82, 2.24) is 14.9 Å². The monoisotopic (exact) mass is 293 g/mol. The van der Waals surface area contributed by atoms with Crippen LogP contribution in [0.4, 0.5) is 0 Å². The van der Waals surface area contributed by atoms with E-state index in [2.05, 4.69) is 17.2 Å². The predicted molar refractivity (Wildman–Crippen MR) is 81.7 cm³/mol. The van der Waals surface area contributed by atoms with Gasteiger partial charge in [0.15, 0.2) is 0 Å². The summed E-state index contributed by atoms with van der Waals surface area (Å²) < 4.78 is 2.02. The van der Waals surface area contributed by atoms with Gasteiger partial charge in [-0.1, -0.05) is 19.8 Å². The van der Waals surface area contributed by atoms with Gasteiger partial charge in [0.1, 0.15) is 0 Å². The lowest BCUT2D eigenvalue weighted by Gasteiger charge is -2.20. The molecular weight excluding hydrogens is 266 g/mol. The summed E-state index contributed by atoms with van der Waals surface area (Å²) in [6, 6.07) is 0.190. The first-order valence-corrected chi connectivity index (χ1v) is 8.09. The third kappa shape index (κ3) is 4.56. The highest BCUT2D eigenvalue weighted by Crippen LogP contribution is 2.30. The maximum atomic E-state index is 12.2. The van der Waals surface area contributed by atoms with E-state index in [4.69, 9.17) is 0 Å². The summed E-state index contributed by atoms with van der Waals surface area (Å²) in [4.78, 5) is 16.2. The first-order valence-electron chi connectivity index (χ1n) is 8.09. The van der Waals surface area contributed by atoms with E-state index in [1.165, 1.54) is 6.42 Å². The second-order valence-electron chi connectivity index (χ2n) is 6.09. The fourth-order valence-corrected chi connectivity index (χ4v) is 3.33. The van der Waals surface area contributed by atoms with Crippen LogP contribution < -0.4 is 5.32 Å². The summed E-state index contributed by atoms with van der Waals surface area (Å²) in [5.74, 6) is 0.910. The van der Waals surface area contributed by atoms with Crippen molar-refractivity contribution in [3.63, 3.8) is 0 Å². The Balaban J connectivity index is 1.79. The molecule has 0 bridgehead atoms. The fraction of sp³-hybridized carbons (Fsp3) is 0.750. The zero-order chi connectivity index (χ0) is 15.1. The first kappa shape index (κ1) is 16.0. The third-order valence-electron chi connectivity index (χ3n) is 4.60. The van der Waals surface area contributed by atoms with Gasteiger partial charge in [-0.15, -0.1) is 0 Å². The van der Waals surface area contributed by atoms with Crippen molar-refractivity contribution in [2.24, 2.45) is 11.8 Å². The van der Waals surface area contributed by atoms with Crippen molar-refractivity contribution in [1.29, 1.82) is 0 Å². The zero-order valence-corrected chi connectivity index (χ0v) is 12.9. The van der Waals surface area contributed by atoms with Gasteiger partial charge in [-0.05, 0) is 31.1 Å². The number of carbonyl (C=O) groups excluding carboxylic acids is 1. The molecule has 0 saturated heterocycles. The van der Waals surface area contributed by atoms with E-state index >= 15 is 0 Å². The second-order valence-corrected chi connectivity index (χ2v) is 6.09. The smallest absolute Gasteiger partial charge is 0.222 e. The van der Waals surface area contributed by atoms with E-state index in [9.17, 15) is 9.90 Å². The number of imidazole rings is 1. The Morgan fingerprint density at radius 1 is 1.48 bits per heavy atom. The van der Waals surface area contributed by atoms with Crippen molar-refractivity contribution < 1.29 is 9.90 Å². The predicted octanol–water partition coefficient (Wildman–Crippen LogP) is 2.14. The molecule has 5 heteroatoms. The number of hydrogen-bond donors (Lipinski definition) is 2. The van der Waals surface area contributed by atoms with Crippen molar-refractivity contribution in [3.05, 3.63) is 18.7 Å². The molecule has 21 heavy (non-hydrogen) atoms. The van der Waals surface area contributed by atoms with E-state index in [1.54, 1.807) is 12.5 Å². The van der Waals surface area contributed by atoms with Crippen molar-refractivity contribution >= 4 is 5.91 Å². The van der Waals surface area contributed by atoms with Crippen LogP contribution >= 0.6 is 0 Å². The van der Waals surface area contributed by atoms with Crippen LogP contribution in [0.5, 0.6) is 0 Å². The maximum Gasteiger partial charge on any atom is 0.222 e. The van der Waals surface area contributed by atoms with Crippen LogP contribution in [-0.4, -0.2) is 33.7 Å². The lowest BCUT2D eigenvalue weighted by molar-refractivity contribution is -0.122. The summed E-state index contributed by atoms with van der Waals surface area (Å²) >= 11 is 0. The highest BCUT2D eigenvalue weighted by Gasteiger charge is 2.27. The summed E-state index contributed by atoms with van der Waals surface area (Å²) in [5.41, 5.74) is 0. The highest BCUT2D eigenvalue weighted by atomic mass is 16.3. The largest absolute Gasteiger partial charge is 0.396 e.